The van der Waals surface area contributed by atoms with Gasteiger partial charge in [-0.1, -0.05) is 91.0 Å². The highest BCUT2D eigenvalue weighted by atomic mass is 16.5. The van der Waals surface area contributed by atoms with E-state index in [0.29, 0.717) is 0 Å². The second-order valence-electron chi connectivity index (χ2n) is 6.92. The van der Waals surface area contributed by atoms with Gasteiger partial charge in [0.15, 0.2) is 0 Å². The van der Waals surface area contributed by atoms with Gasteiger partial charge in [0.2, 0.25) is 0 Å². The molecule has 0 amide bonds. The zero-order valence-electron chi connectivity index (χ0n) is 15.6. The number of methoxy groups -OCH3 is 1. The lowest BCUT2D eigenvalue weighted by atomic mass is 9.76. The number of nitrogens with zero attached hydrogens (tertiary/aromatic N) is 1. The van der Waals surface area contributed by atoms with Gasteiger partial charge in [-0.2, -0.15) is 0 Å². The minimum Gasteiger partial charge on any atom is -0.468 e. The van der Waals surface area contributed by atoms with Crippen molar-refractivity contribution >= 4 is 5.97 Å². The average molecular weight is 357 g/mol. The van der Waals surface area contributed by atoms with Gasteiger partial charge in [-0.15, -0.1) is 0 Å². The highest BCUT2D eigenvalue weighted by molar-refractivity contribution is 5.81. The summed E-state index contributed by atoms with van der Waals surface area (Å²) >= 11 is 0. The lowest BCUT2D eigenvalue weighted by Crippen LogP contribution is -2.40. The first-order valence-electron chi connectivity index (χ1n) is 9.24. The van der Waals surface area contributed by atoms with Gasteiger partial charge in [0.25, 0.3) is 0 Å². The van der Waals surface area contributed by atoms with Crippen LogP contribution in [0.25, 0.3) is 0 Å². The molecule has 4 rings (SSSR count). The molecular weight excluding hydrogens is 334 g/mol. The first kappa shape index (κ1) is 17.5. The Morgan fingerprint density at radius 1 is 0.778 bits per heavy atom. The maximum absolute atomic E-state index is 12.5. The molecule has 3 aromatic carbocycles. The summed E-state index contributed by atoms with van der Waals surface area (Å²) in [4.78, 5) is 14.7. The van der Waals surface area contributed by atoms with Crippen LogP contribution >= 0.6 is 0 Å². The second kappa shape index (κ2) is 7.01. The van der Waals surface area contributed by atoms with Gasteiger partial charge in [-0.05, 0) is 23.6 Å². The van der Waals surface area contributed by atoms with Crippen LogP contribution in [0.5, 0.6) is 0 Å². The maximum atomic E-state index is 12.5. The van der Waals surface area contributed by atoms with Gasteiger partial charge in [0.1, 0.15) is 6.04 Å². The van der Waals surface area contributed by atoms with Crippen molar-refractivity contribution in [2.24, 2.45) is 0 Å². The molecule has 0 spiro atoms. The molecule has 1 unspecified atom stereocenters. The van der Waals surface area contributed by atoms with Crippen molar-refractivity contribution in [2.75, 3.05) is 7.11 Å². The lowest BCUT2D eigenvalue weighted by molar-refractivity contribution is -0.141. The van der Waals surface area contributed by atoms with E-state index in [2.05, 4.69) is 84.6 Å². The number of esters is 1. The fraction of sp³-hybridized carbons (Fsp3) is 0.208. The van der Waals surface area contributed by atoms with E-state index in [9.17, 15) is 4.79 Å². The Balaban J connectivity index is 2.01. The molecule has 0 N–H and O–H groups in total. The highest BCUT2D eigenvalue weighted by Gasteiger charge is 2.62. The van der Waals surface area contributed by atoms with Crippen LogP contribution in [0.1, 0.15) is 23.6 Å². The smallest absolute Gasteiger partial charge is 0.324 e. The number of rotatable bonds is 5. The molecular formula is C24H23NO2. The SMILES string of the molecule is COC(=O)[C@H]1[C@H](C)N1C(c1ccccc1)(c1ccccc1)c1ccccc1. The monoisotopic (exact) mass is 357 g/mol. The topological polar surface area (TPSA) is 29.3 Å². The molecule has 0 radical (unpaired) electrons. The number of ether oxygens (including phenoxy) is 1. The third kappa shape index (κ3) is 2.75. The van der Waals surface area contributed by atoms with Crippen LogP contribution in [-0.2, 0) is 15.1 Å². The van der Waals surface area contributed by atoms with E-state index in [1.165, 1.54) is 7.11 Å². The van der Waals surface area contributed by atoms with E-state index in [-0.39, 0.29) is 18.1 Å². The molecule has 3 heteroatoms. The van der Waals surface area contributed by atoms with E-state index in [0.717, 1.165) is 16.7 Å². The number of carbonyl (C=O) groups excluding carboxylic acids is 1. The predicted molar refractivity (Wildman–Crippen MR) is 106 cm³/mol. The Kier molecular flexibility index (Phi) is 4.54. The molecule has 3 atom stereocenters. The standard InChI is InChI=1S/C24H23NO2/c1-18-22(23(26)27-2)25(18)24(19-12-6-3-7-13-19,20-14-8-4-9-15-20)21-16-10-5-11-17-21/h3-18,22H,1-2H3/t18-,22+,25?/m0/s1. The van der Waals surface area contributed by atoms with Crippen molar-refractivity contribution in [3.8, 4) is 0 Å². The molecule has 27 heavy (non-hydrogen) atoms. The quantitative estimate of drug-likeness (QED) is 0.389. The van der Waals surface area contributed by atoms with Crippen LogP contribution in [0.3, 0.4) is 0 Å². The third-order valence-corrected chi connectivity index (χ3v) is 5.51. The van der Waals surface area contributed by atoms with E-state index >= 15 is 0 Å². The zero-order valence-corrected chi connectivity index (χ0v) is 15.6. The lowest BCUT2D eigenvalue weighted by Gasteiger charge is -2.38. The van der Waals surface area contributed by atoms with Crippen molar-refractivity contribution in [2.45, 2.75) is 24.5 Å². The Morgan fingerprint density at radius 2 is 1.15 bits per heavy atom. The van der Waals surface area contributed by atoms with E-state index < -0.39 is 5.54 Å². The van der Waals surface area contributed by atoms with Crippen LogP contribution in [0.2, 0.25) is 0 Å². The molecule has 136 valence electrons. The van der Waals surface area contributed by atoms with Crippen LogP contribution in [-0.4, -0.2) is 30.1 Å². The van der Waals surface area contributed by atoms with Crippen molar-refractivity contribution in [1.82, 2.24) is 4.90 Å². The number of benzene rings is 3. The largest absolute Gasteiger partial charge is 0.468 e. The second-order valence-corrected chi connectivity index (χ2v) is 6.92. The zero-order chi connectivity index (χ0) is 18.9. The minimum atomic E-state index is -0.554. The van der Waals surface area contributed by atoms with Gasteiger partial charge in [-0.25, -0.2) is 0 Å². The summed E-state index contributed by atoms with van der Waals surface area (Å²) in [6, 6.07) is 31.0. The van der Waals surface area contributed by atoms with Crippen LogP contribution in [0, 0.1) is 0 Å². The van der Waals surface area contributed by atoms with Crippen molar-refractivity contribution < 1.29 is 9.53 Å². The molecule has 1 aliphatic heterocycles. The number of hydrogen-bond donors (Lipinski definition) is 0. The van der Waals surface area contributed by atoms with Gasteiger partial charge in [-0.3, -0.25) is 9.69 Å². The molecule has 3 nitrogen and oxygen atoms in total. The summed E-state index contributed by atoms with van der Waals surface area (Å²) in [6.07, 6.45) is 0. The van der Waals surface area contributed by atoms with Gasteiger partial charge in [0, 0.05) is 6.04 Å². The summed E-state index contributed by atoms with van der Waals surface area (Å²) in [7, 11) is 1.46. The molecule has 3 aromatic rings. The fourth-order valence-electron chi connectivity index (χ4n) is 4.28. The third-order valence-electron chi connectivity index (χ3n) is 5.51. The minimum absolute atomic E-state index is 0.0815. The summed E-state index contributed by atoms with van der Waals surface area (Å²) < 4.78 is 5.10. The normalized spacial score (nSPS) is 21.5. The maximum Gasteiger partial charge on any atom is 0.324 e. The Labute approximate surface area is 160 Å². The fourth-order valence-corrected chi connectivity index (χ4v) is 4.28. The van der Waals surface area contributed by atoms with Crippen molar-refractivity contribution in [3.05, 3.63) is 108 Å². The van der Waals surface area contributed by atoms with Crippen LogP contribution in [0.15, 0.2) is 91.0 Å². The molecule has 0 aromatic heterocycles. The van der Waals surface area contributed by atoms with Crippen molar-refractivity contribution in [3.63, 3.8) is 0 Å². The first-order valence-corrected chi connectivity index (χ1v) is 9.24. The predicted octanol–water partition coefficient (Wildman–Crippen LogP) is 4.22. The molecule has 1 heterocycles. The number of hydrogen-bond acceptors (Lipinski definition) is 3. The molecule has 1 aliphatic rings. The summed E-state index contributed by atoms with van der Waals surface area (Å²) in [6.45, 7) is 2.09. The van der Waals surface area contributed by atoms with Crippen molar-refractivity contribution in [1.29, 1.82) is 0 Å². The highest BCUT2D eigenvalue weighted by Crippen LogP contribution is 2.51. The summed E-state index contributed by atoms with van der Waals surface area (Å²) in [5.41, 5.74) is 2.86. The first-order chi connectivity index (χ1) is 13.2. The Bertz CT molecular complexity index is 812. The Hall–Kier alpha value is -2.91. The summed E-state index contributed by atoms with van der Waals surface area (Å²) in [5.74, 6) is -0.185. The Morgan fingerprint density at radius 3 is 1.48 bits per heavy atom. The molecule has 0 aliphatic carbocycles. The molecule has 0 bridgehead atoms. The van der Waals surface area contributed by atoms with E-state index in [1.807, 2.05) is 18.2 Å². The van der Waals surface area contributed by atoms with Gasteiger partial charge >= 0.3 is 5.97 Å². The van der Waals surface area contributed by atoms with Gasteiger partial charge < -0.3 is 4.74 Å². The molecule has 1 fully saturated rings. The summed E-state index contributed by atoms with van der Waals surface area (Å²) in [5, 5.41) is 0. The van der Waals surface area contributed by atoms with Crippen LogP contribution in [0.4, 0.5) is 0 Å². The van der Waals surface area contributed by atoms with E-state index in [4.69, 9.17) is 4.74 Å². The van der Waals surface area contributed by atoms with E-state index in [1.54, 1.807) is 0 Å². The average Bonchev–Trinajstić information content (AvgIpc) is 3.41. The van der Waals surface area contributed by atoms with Gasteiger partial charge in [0.05, 0.1) is 12.6 Å². The number of carbonyl (C=O) groups is 1. The molecule has 1 saturated heterocycles. The molecule has 0 saturated carbocycles. The van der Waals surface area contributed by atoms with Crippen LogP contribution < -0.4 is 0 Å².